The maximum Gasteiger partial charge on any atom is 0.337 e. The highest BCUT2D eigenvalue weighted by Gasteiger charge is 2.26. The van der Waals surface area contributed by atoms with Crippen LogP contribution < -0.4 is 4.90 Å². The first kappa shape index (κ1) is 21.0. The van der Waals surface area contributed by atoms with Crippen molar-refractivity contribution in [2.45, 2.75) is 6.54 Å². The first-order valence-electron chi connectivity index (χ1n) is 8.86. The zero-order valence-electron chi connectivity index (χ0n) is 15.7. The second kappa shape index (κ2) is 9.19. The topological polar surface area (TPSA) is 59.1 Å². The van der Waals surface area contributed by atoms with Gasteiger partial charge in [-0.1, -0.05) is 17.7 Å². The minimum atomic E-state index is -0.666. The molecule has 1 fully saturated rings. The molecule has 9 heteroatoms. The van der Waals surface area contributed by atoms with Crippen LogP contribution in [0, 0.1) is 11.6 Å². The van der Waals surface area contributed by atoms with Crippen molar-refractivity contribution in [2.24, 2.45) is 0 Å². The van der Waals surface area contributed by atoms with Crippen molar-refractivity contribution in [2.75, 3.05) is 38.3 Å². The lowest BCUT2D eigenvalue weighted by molar-refractivity contribution is 0.0548. The fourth-order valence-corrected chi connectivity index (χ4v) is 3.11. The Balaban J connectivity index is 1.93. The zero-order valence-corrected chi connectivity index (χ0v) is 16.4. The molecule has 0 spiro atoms. The average Bonchev–Trinajstić information content (AvgIpc) is 2.74. The van der Waals surface area contributed by atoms with Crippen LogP contribution in [0.1, 0.15) is 15.9 Å². The van der Waals surface area contributed by atoms with E-state index in [2.05, 4.69) is 4.74 Å². The van der Waals surface area contributed by atoms with Crippen LogP contribution in [0.2, 0.25) is 5.02 Å². The molecule has 1 saturated heterocycles. The number of methoxy groups -OCH3 is 1. The Morgan fingerprint density at radius 3 is 2.48 bits per heavy atom. The van der Waals surface area contributed by atoms with Gasteiger partial charge in [0.2, 0.25) is 0 Å². The lowest BCUT2D eigenvalue weighted by atomic mass is 10.1. The summed E-state index contributed by atoms with van der Waals surface area (Å²) in [5.41, 5.74) is 0.564. The highest BCUT2D eigenvalue weighted by atomic mass is 35.5. The number of amides is 2. The van der Waals surface area contributed by atoms with E-state index in [1.165, 1.54) is 36.3 Å². The second-order valence-electron chi connectivity index (χ2n) is 6.36. The van der Waals surface area contributed by atoms with Crippen LogP contribution in [0.4, 0.5) is 19.3 Å². The van der Waals surface area contributed by atoms with Gasteiger partial charge in [-0.05, 0) is 30.3 Å². The van der Waals surface area contributed by atoms with Gasteiger partial charge < -0.3 is 14.4 Å². The molecule has 154 valence electrons. The summed E-state index contributed by atoms with van der Waals surface area (Å²) in [6, 6.07) is 7.36. The molecule has 0 saturated carbocycles. The largest absolute Gasteiger partial charge is 0.465 e. The molecule has 0 unspecified atom stereocenters. The van der Waals surface area contributed by atoms with Crippen molar-refractivity contribution in [3.05, 3.63) is 64.2 Å². The van der Waals surface area contributed by atoms with Crippen molar-refractivity contribution < 1.29 is 27.8 Å². The number of benzene rings is 2. The zero-order chi connectivity index (χ0) is 21.0. The van der Waals surface area contributed by atoms with E-state index in [0.29, 0.717) is 32.0 Å². The van der Waals surface area contributed by atoms with Crippen LogP contribution in [0.3, 0.4) is 0 Å². The monoisotopic (exact) mass is 424 g/mol. The lowest BCUT2D eigenvalue weighted by Gasteiger charge is -2.33. The van der Waals surface area contributed by atoms with E-state index in [-0.39, 0.29) is 28.7 Å². The lowest BCUT2D eigenvalue weighted by Crippen LogP contribution is -2.48. The molecule has 0 aromatic heterocycles. The summed E-state index contributed by atoms with van der Waals surface area (Å²) in [6.07, 6.45) is 0. The van der Waals surface area contributed by atoms with E-state index in [1.807, 2.05) is 0 Å². The number of nitrogens with zero attached hydrogens (tertiary/aromatic N) is 2. The van der Waals surface area contributed by atoms with Crippen molar-refractivity contribution in [3.8, 4) is 0 Å². The number of anilines is 1. The number of halogens is 3. The number of ether oxygens (including phenoxy) is 2. The molecule has 1 aliphatic rings. The molecule has 1 heterocycles. The molecular formula is C20H19ClF2N2O4. The highest BCUT2D eigenvalue weighted by molar-refractivity contribution is 6.31. The molecule has 29 heavy (non-hydrogen) atoms. The number of morpholine rings is 1. The summed E-state index contributed by atoms with van der Waals surface area (Å²) in [5, 5.41) is -0.149. The summed E-state index contributed by atoms with van der Waals surface area (Å²) in [4.78, 5) is 27.6. The first-order chi connectivity index (χ1) is 13.9. The van der Waals surface area contributed by atoms with Crippen LogP contribution in [0.25, 0.3) is 0 Å². The molecular weight excluding hydrogens is 406 g/mol. The van der Waals surface area contributed by atoms with E-state index >= 15 is 0 Å². The van der Waals surface area contributed by atoms with E-state index in [0.717, 1.165) is 12.1 Å². The summed E-state index contributed by atoms with van der Waals surface area (Å²) in [6.45, 7) is 1.42. The van der Waals surface area contributed by atoms with E-state index < -0.39 is 17.6 Å². The van der Waals surface area contributed by atoms with E-state index in [4.69, 9.17) is 16.3 Å². The molecule has 3 rings (SSSR count). The van der Waals surface area contributed by atoms with Gasteiger partial charge in [-0.25, -0.2) is 18.4 Å². The standard InChI is InChI=1S/C20H19ClF2N2O4/c1-28-19(26)13-2-3-14(18(23)10-13)12-25(15-4-5-17(22)16(21)11-15)20(27)24-6-8-29-9-7-24/h2-5,10-11H,6-9,12H2,1H3. The molecule has 0 atom stereocenters. The normalized spacial score (nSPS) is 13.9. The van der Waals surface area contributed by atoms with Gasteiger partial charge in [0.05, 0.1) is 37.5 Å². The summed E-state index contributed by atoms with van der Waals surface area (Å²) in [5.74, 6) is -1.95. The number of hydrogen-bond donors (Lipinski definition) is 0. The third-order valence-electron chi connectivity index (χ3n) is 4.53. The molecule has 6 nitrogen and oxygen atoms in total. The van der Waals surface area contributed by atoms with Crippen LogP contribution in [-0.2, 0) is 16.0 Å². The Labute approximate surface area is 171 Å². The van der Waals surface area contributed by atoms with Crippen molar-refractivity contribution in [1.82, 2.24) is 4.90 Å². The van der Waals surface area contributed by atoms with Crippen LogP contribution in [0.15, 0.2) is 36.4 Å². The maximum atomic E-state index is 14.6. The number of esters is 1. The third kappa shape index (κ3) is 4.83. The van der Waals surface area contributed by atoms with Gasteiger partial charge in [-0.2, -0.15) is 0 Å². The Hall–Kier alpha value is -2.71. The molecule has 2 aromatic carbocycles. The van der Waals surface area contributed by atoms with Crippen LogP contribution in [0.5, 0.6) is 0 Å². The smallest absolute Gasteiger partial charge is 0.337 e. The third-order valence-corrected chi connectivity index (χ3v) is 4.82. The number of carbonyl (C=O) groups excluding carboxylic acids is 2. The Morgan fingerprint density at radius 2 is 1.86 bits per heavy atom. The van der Waals surface area contributed by atoms with Crippen LogP contribution >= 0.6 is 11.6 Å². The Kier molecular flexibility index (Phi) is 6.66. The van der Waals surface area contributed by atoms with Gasteiger partial charge in [-0.3, -0.25) is 4.90 Å². The van der Waals surface area contributed by atoms with Crippen molar-refractivity contribution >= 4 is 29.3 Å². The highest BCUT2D eigenvalue weighted by Crippen LogP contribution is 2.26. The van der Waals surface area contributed by atoms with Crippen molar-refractivity contribution in [1.29, 1.82) is 0 Å². The molecule has 0 radical (unpaired) electrons. The van der Waals surface area contributed by atoms with Gasteiger partial charge in [0.1, 0.15) is 11.6 Å². The maximum absolute atomic E-state index is 14.6. The number of rotatable bonds is 4. The molecule has 0 aliphatic carbocycles. The predicted octanol–water partition coefficient (Wildman–Crippen LogP) is 3.86. The van der Waals surface area contributed by atoms with Crippen LogP contribution in [-0.4, -0.2) is 50.3 Å². The predicted molar refractivity (Wildman–Crippen MR) is 103 cm³/mol. The van der Waals surface area contributed by atoms with E-state index in [9.17, 15) is 18.4 Å². The summed E-state index contributed by atoms with van der Waals surface area (Å²) < 4.78 is 38.1. The SMILES string of the molecule is COC(=O)c1ccc(CN(C(=O)N2CCOCC2)c2ccc(F)c(Cl)c2)c(F)c1. The summed E-state index contributed by atoms with van der Waals surface area (Å²) in [7, 11) is 1.20. The fraction of sp³-hybridized carbons (Fsp3) is 0.300. The Bertz CT molecular complexity index is 919. The van der Waals surface area contributed by atoms with Gasteiger partial charge in [-0.15, -0.1) is 0 Å². The first-order valence-corrected chi connectivity index (χ1v) is 9.24. The quantitative estimate of drug-likeness (QED) is 0.699. The van der Waals surface area contributed by atoms with E-state index in [1.54, 1.807) is 4.90 Å². The fourth-order valence-electron chi connectivity index (χ4n) is 2.94. The Morgan fingerprint density at radius 1 is 1.14 bits per heavy atom. The number of carbonyl (C=O) groups is 2. The summed E-state index contributed by atoms with van der Waals surface area (Å²) >= 11 is 5.88. The molecule has 2 aromatic rings. The second-order valence-corrected chi connectivity index (χ2v) is 6.77. The van der Waals surface area contributed by atoms with Gasteiger partial charge in [0, 0.05) is 24.3 Å². The molecule has 0 bridgehead atoms. The van der Waals surface area contributed by atoms with Crippen molar-refractivity contribution in [3.63, 3.8) is 0 Å². The minimum absolute atomic E-state index is 0.0598. The molecule has 1 aliphatic heterocycles. The average molecular weight is 425 g/mol. The van der Waals surface area contributed by atoms with Gasteiger partial charge in [0.25, 0.3) is 0 Å². The number of urea groups is 1. The number of hydrogen-bond acceptors (Lipinski definition) is 4. The minimum Gasteiger partial charge on any atom is -0.465 e. The molecule has 2 amide bonds. The van der Waals surface area contributed by atoms with Gasteiger partial charge in [0.15, 0.2) is 0 Å². The van der Waals surface area contributed by atoms with Gasteiger partial charge >= 0.3 is 12.0 Å². The molecule has 0 N–H and O–H groups in total.